The number of benzene rings is 1. The molecule has 1 saturated heterocycles. The molecule has 3 atom stereocenters. The van der Waals surface area contributed by atoms with Gasteiger partial charge in [0.15, 0.2) is 0 Å². The molecule has 0 radical (unpaired) electrons. The number of methoxy groups -OCH3 is 1. The summed E-state index contributed by atoms with van der Waals surface area (Å²) in [5.41, 5.74) is 3.50. The molecule has 2 aromatic heterocycles. The molecule has 37 heavy (non-hydrogen) atoms. The zero-order valence-corrected chi connectivity index (χ0v) is 22.8. The fourth-order valence-corrected chi connectivity index (χ4v) is 6.06. The van der Waals surface area contributed by atoms with E-state index in [4.69, 9.17) is 9.15 Å². The average molecular weight is 505 g/mol. The van der Waals surface area contributed by atoms with Crippen molar-refractivity contribution in [1.29, 1.82) is 0 Å². The minimum atomic E-state index is 0.436. The van der Waals surface area contributed by atoms with Crippen molar-refractivity contribution in [3.05, 3.63) is 54.3 Å². The van der Waals surface area contributed by atoms with Gasteiger partial charge in [-0.2, -0.15) is 0 Å². The van der Waals surface area contributed by atoms with Gasteiger partial charge in [0.2, 0.25) is 5.89 Å². The number of piperazine rings is 1. The number of hydrogen-bond acceptors (Lipinski definition) is 7. The Kier molecular flexibility index (Phi) is 7.65. The van der Waals surface area contributed by atoms with Crippen molar-refractivity contribution in [3.8, 4) is 17.3 Å². The summed E-state index contributed by atoms with van der Waals surface area (Å²) >= 11 is 0. The molecule has 0 N–H and O–H groups in total. The minimum absolute atomic E-state index is 0.436. The summed E-state index contributed by atoms with van der Waals surface area (Å²) in [4.78, 5) is 9.26. The van der Waals surface area contributed by atoms with Crippen molar-refractivity contribution in [3.63, 3.8) is 0 Å². The largest absolute Gasteiger partial charge is 0.495 e. The number of allylic oxidation sites excluding steroid dienone is 1. The van der Waals surface area contributed by atoms with E-state index in [1.165, 1.54) is 11.3 Å². The zero-order chi connectivity index (χ0) is 25.9. The number of hydrogen-bond donors (Lipinski definition) is 0. The van der Waals surface area contributed by atoms with E-state index in [1.54, 1.807) is 19.6 Å². The molecule has 1 aromatic carbocycles. The molecule has 0 bridgehead atoms. The van der Waals surface area contributed by atoms with Crippen LogP contribution in [0.5, 0.6) is 5.75 Å². The molecule has 0 spiro atoms. The Morgan fingerprint density at radius 2 is 1.89 bits per heavy atom. The summed E-state index contributed by atoms with van der Waals surface area (Å²) in [7, 11) is 3.69. The molecule has 8 heteroatoms. The Balaban J connectivity index is 1.22. The van der Waals surface area contributed by atoms with Crippen LogP contribution in [0.1, 0.15) is 33.1 Å². The van der Waals surface area contributed by atoms with Gasteiger partial charge in [0.25, 0.3) is 5.89 Å². The van der Waals surface area contributed by atoms with E-state index in [0.717, 1.165) is 57.0 Å². The van der Waals surface area contributed by atoms with Crippen molar-refractivity contribution in [2.75, 3.05) is 44.7 Å². The first-order valence-electron chi connectivity index (χ1n) is 13.5. The number of nitrogens with zero attached hydrogens (tertiary/aromatic N) is 6. The van der Waals surface area contributed by atoms with Crippen molar-refractivity contribution >= 4 is 5.69 Å². The van der Waals surface area contributed by atoms with E-state index in [-0.39, 0.29) is 0 Å². The monoisotopic (exact) mass is 504 g/mol. The lowest BCUT2D eigenvalue weighted by atomic mass is 9.69. The summed E-state index contributed by atoms with van der Waals surface area (Å²) in [6, 6.07) is 8.35. The lowest BCUT2D eigenvalue weighted by molar-refractivity contribution is 0.155. The zero-order valence-electron chi connectivity index (χ0n) is 22.8. The summed E-state index contributed by atoms with van der Waals surface area (Å²) < 4.78 is 13.5. The van der Waals surface area contributed by atoms with Crippen LogP contribution in [0.25, 0.3) is 11.6 Å². The Hall–Kier alpha value is -3.13. The van der Waals surface area contributed by atoms with E-state index in [0.29, 0.717) is 35.5 Å². The first-order chi connectivity index (χ1) is 17.9. The van der Waals surface area contributed by atoms with Crippen LogP contribution in [0, 0.1) is 23.7 Å². The van der Waals surface area contributed by atoms with Crippen LogP contribution in [-0.4, -0.2) is 64.5 Å². The van der Waals surface area contributed by atoms with Gasteiger partial charge in [0.05, 0.1) is 25.3 Å². The maximum Gasteiger partial charge on any atom is 0.265 e. The number of aryl methyl sites for hydroxylation is 1. The third-order valence-electron chi connectivity index (χ3n) is 8.27. The van der Waals surface area contributed by atoms with Crippen molar-refractivity contribution in [2.24, 2.45) is 30.7 Å². The van der Waals surface area contributed by atoms with Gasteiger partial charge >= 0.3 is 0 Å². The SMILES string of the molecule is COc1ccccc1N1CCN(C[C@@H]2C=C(C)[C@H](Cc3nnc(-c4cncn4C)o3)C[C@H]2C(C)C)CC1. The van der Waals surface area contributed by atoms with E-state index in [9.17, 15) is 0 Å². The van der Waals surface area contributed by atoms with E-state index in [1.807, 2.05) is 17.7 Å². The van der Waals surface area contributed by atoms with Crippen LogP contribution in [0.4, 0.5) is 5.69 Å². The molecule has 1 aliphatic carbocycles. The van der Waals surface area contributed by atoms with Gasteiger partial charge < -0.3 is 18.6 Å². The molecule has 1 fully saturated rings. The number of rotatable bonds is 8. The molecule has 8 nitrogen and oxygen atoms in total. The van der Waals surface area contributed by atoms with Crippen molar-refractivity contribution < 1.29 is 9.15 Å². The first-order valence-corrected chi connectivity index (χ1v) is 13.5. The highest BCUT2D eigenvalue weighted by Gasteiger charge is 2.34. The molecule has 3 aromatic rings. The second-order valence-electron chi connectivity index (χ2n) is 11.0. The molecule has 2 aliphatic rings. The third-order valence-corrected chi connectivity index (χ3v) is 8.27. The van der Waals surface area contributed by atoms with Gasteiger partial charge in [0, 0.05) is 46.2 Å². The second-order valence-corrected chi connectivity index (χ2v) is 11.0. The molecule has 0 amide bonds. The third kappa shape index (κ3) is 5.59. The highest BCUT2D eigenvalue weighted by Crippen LogP contribution is 2.39. The van der Waals surface area contributed by atoms with Gasteiger partial charge in [-0.1, -0.05) is 37.6 Å². The van der Waals surface area contributed by atoms with Gasteiger partial charge in [-0.3, -0.25) is 4.90 Å². The number of ether oxygens (including phenoxy) is 1. The molecular weight excluding hydrogens is 464 g/mol. The molecule has 198 valence electrons. The minimum Gasteiger partial charge on any atom is -0.495 e. The smallest absolute Gasteiger partial charge is 0.265 e. The van der Waals surface area contributed by atoms with Crippen LogP contribution in [0.2, 0.25) is 0 Å². The Labute approximate surface area is 220 Å². The fraction of sp³-hybridized carbons (Fsp3) is 0.552. The summed E-state index contributed by atoms with van der Waals surface area (Å²) in [6.45, 7) is 12.4. The number of imidazole rings is 1. The van der Waals surface area contributed by atoms with Gasteiger partial charge in [-0.05, 0) is 49.1 Å². The summed E-state index contributed by atoms with van der Waals surface area (Å²) in [5.74, 6) is 4.48. The maximum atomic E-state index is 6.03. The van der Waals surface area contributed by atoms with Gasteiger partial charge in [-0.25, -0.2) is 4.98 Å². The van der Waals surface area contributed by atoms with E-state index < -0.39 is 0 Å². The molecule has 1 aliphatic heterocycles. The van der Waals surface area contributed by atoms with Crippen LogP contribution in [0.3, 0.4) is 0 Å². The van der Waals surface area contributed by atoms with E-state index in [2.05, 4.69) is 70.0 Å². The lowest BCUT2D eigenvalue weighted by Crippen LogP contribution is -2.49. The van der Waals surface area contributed by atoms with Crippen molar-refractivity contribution in [1.82, 2.24) is 24.6 Å². The van der Waals surface area contributed by atoms with Crippen LogP contribution in [-0.2, 0) is 13.5 Å². The second kappa shape index (κ2) is 11.1. The van der Waals surface area contributed by atoms with Crippen LogP contribution in [0.15, 0.2) is 52.9 Å². The highest BCUT2D eigenvalue weighted by atomic mass is 16.5. The quantitative estimate of drug-likeness (QED) is 0.412. The first kappa shape index (κ1) is 25.5. The maximum absolute atomic E-state index is 6.03. The Bertz CT molecular complexity index is 1210. The Morgan fingerprint density at radius 3 is 2.59 bits per heavy atom. The standard InChI is InChI=1S/C29H40N6O2/c1-20(2)24-15-22(16-28-31-32-29(37-28)26-17-30-19-33(26)4)21(3)14-23(24)18-34-10-12-35(13-11-34)25-8-6-7-9-27(25)36-5/h6-9,14,17,19-20,22-24H,10-13,15-16,18H2,1-5H3/t22-,23-,24-/m0/s1. The van der Waals surface area contributed by atoms with Crippen molar-refractivity contribution in [2.45, 2.75) is 33.6 Å². The van der Waals surface area contributed by atoms with Crippen LogP contribution >= 0.6 is 0 Å². The molecule has 5 rings (SSSR count). The topological polar surface area (TPSA) is 72.5 Å². The van der Waals surface area contributed by atoms with Gasteiger partial charge in [-0.15, -0.1) is 10.2 Å². The predicted molar refractivity (Wildman–Crippen MR) is 146 cm³/mol. The summed E-state index contributed by atoms with van der Waals surface area (Å²) in [6.07, 6.45) is 8.01. The lowest BCUT2D eigenvalue weighted by Gasteiger charge is -2.42. The molecule has 0 unspecified atom stereocenters. The molecule has 3 heterocycles. The van der Waals surface area contributed by atoms with Crippen LogP contribution < -0.4 is 9.64 Å². The normalized spacial score (nSPS) is 22.9. The molecule has 0 saturated carbocycles. The van der Waals surface area contributed by atoms with Gasteiger partial charge in [0.1, 0.15) is 11.4 Å². The summed E-state index contributed by atoms with van der Waals surface area (Å²) in [5, 5.41) is 8.64. The average Bonchev–Trinajstić information content (AvgIpc) is 3.54. The number of para-hydroxylation sites is 2. The predicted octanol–water partition coefficient (Wildman–Crippen LogP) is 4.70. The fourth-order valence-electron chi connectivity index (χ4n) is 6.06. The number of aromatic nitrogens is 4. The highest BCUT2D eigenvalue weighted by molar-refractivity contribution is 5.58. The van der Waals surface area contributed by atoms with E-state index >= 15 is 0 Å². The number of anilines is 1. The molecular formula is C29H40N6O2. The Morgan fingerprint density at radius 1 is 1.11 bits per heavy atom.